The predicted octanol–water partition coefficient (Wildman–Crippen LogP) is 12.7. The van der Waals surface area contributed by atoms with E-state index in [1.165, 1.54) is 138 Å². The average molecular weight is 1090 g/mol. The summed E-state index contributed by atoms with van der Waals surface area (Å²) >= 11 is 0. The molecule has 73 heavy (non-hydrogen) atoms. The lowest BCUT2D eigenvalue weighted by atomic mass is 10.0. The molecule has 408 valence electrons. The summed E-state index contributed by atoms with van der Waals surface area (Å²) < 4.78 is 87.7. The highest BCUT2D eigenvalue weighted by Crippen LogP contribution is 2.69. The van der Waals surface area contributed by atoms with Crippen LogP contribution in [0.1, 0.15) is 172 Å². The van der Waals surface area contributed by atoms with Crippen molar-refractivity contribution in [1.29, 1.82) is 0 Å². The third-order valence-electron chi connectivity index (χ3n) is 11.5. The molecule has 1 aromatic heterocycles. The number of aromatic nitrogens is 2. The van der Waals surface area contributed by atoms with Crippen LogP contribution >= 0.6 is 23.5 Å². The van der Waals surface area contributed by atoms with Gasteiger partial charge in [0.2, 0.25) is 0 Å². The summed E-state index contributed by atoms with van der Waals surface area (Å²) in [7, 11) is -16.5. The Morgan fingerprint density at radius 1 is 0.630 bits per heavy atom. The highest BCUT2D eigenvalue weighted by atomic mass is 31.3. The first-order valence-electron chi connectivity index (χ1n) is 25.5. The van der Waals surface area contributed by atoms with Crippen LogP contribution in [0.15, 0.2) is 76.5 Å². The molecule has 0 saturated carbocycles. The van der Waals surface area contributed by atoms with Gasteiger partial charge in [0.25, 0.3) is 5.56 Å². The second-order valence-corrected chi connectivity index (χ2v) is 22.7. The van der Waals surface area contributed by atoms with E-state index >= 15 is 0 Å². The first-order chi connectivity index (χ1) is 35.0. The number of aryl methyl sites for hydroxylation is 1. The van der Waals surface area contributed by atoms with Crippen molar-refractivity contribution in [2.45, 2.75) is 181 Å². The molecule has 0 radical (unpaired) electrons. The fraction of sp³-hybridized carbons (Fsp3) is 0.600. The quantitative estimate of drug-likeness (QED) is 0.0120. The van der Waals surface area contributed by atoms with Crippen molar-refractivity contribution < 1.29 is 74.2 Å². The van der Waals surface area contributed by atoms with E-state index in [0.717, 1.165) is 55.9 Å². The number of phosphoric ester groups is 2. The van der Waals surface area contributed by atoms with Crippen LogP contribution in [0.3, 0.4) is 0 Å². The summed E-state index contributed by atoms with van der Waals surface area (Å²) in [5, 5.41) is 0. The summed E-state index contributed by atoms with van der Waals surface area (Å²) in [5.74, 6) is -0.0374. The van der Waals surface area contributed by atoms with Crippen LogP contribution in [0.25, 0.3) is 0 Å². The zero-order valence-electron chi connectivity index (χ0n) is 42.4. The Bertz CT molecular complexity index is 2410. The van der Waals surface area contributed by atoms with Gasteiger partial charge in [0.1, 0.15) is 17.6 Å². The molecule has 0 amide bonds. The third-order valence-corrected chi connectivity index (χ3v) is 16.2. The molecule has 0 fully saturated rings. The normalized spacial score (nSPS) is 16.9. The molecule has 1 aliphatic heterocycles. The lowest BCUT2D eigenvalue weighted by molar-refractivity contribution is -0.134. The van der Waals surface area contributed by atoms with Crippen molar-refractivity contribution in [2.24, 2.45) is 0 Å². The smallest absolute Gasteiger partial charge is 0.434 e. The second-order valence-electron chi connectivity index (χ2n) is 17.9. The van der Waals surface area contributed by atoms with Crippen LogP contribution in [-0.4, -0.2) is 50.8 Å². The van der Waals surface area contributed by atoms with E-state index in [9.17, 15) is 42.7 Å². The first-order valence-corrected chi connectivity index (χ1v) is 29.9. The van der Waals surface area contributed by atoms with Gasteiger partial charge < -0.3 is 28.7 Å². The van der Waals surface area contributed by atoms with Gasteiger partial charge in [-0.2, -0.15) is 8.62 Å². The Kier molecular flexibility index (Phi) is 27.9. The molecule has 3 N–H and O–H groups in total. The van der Waals surface area contributed by atoms with Crippen molar-refractivity contribution in [2.75, 3.05) is 13.2 Å². The Morgan fingerprint density at radius 3 is 1.66 bits per heavy atom. The first kappa shape index (κ1) is 61.5. The highest BCUT2D eigenvalue weighted by molar-refractivity contribution is 7.67. The Morgan fingerprint density at radius 2 is 1.12 bits per heavy atom. The van der Waals surface area contributed by atoms with E-state index in [2.05, 4.69) is 23.1 Å². The molecule has 3 aromatic rings. The maximum atomic E-state index is 14.0. The number of benzene rings is 2. The topological polar surface area (TPSA) is 264 Å². The minimum Gasteiger partial charge on any atom is -0.434 e. The van der Waals surface area contributed by atoms with Gasteiger partial charge in [0.15, 0.2) is 6.23 Å². The molecule has 1 aliphatic rings. The van der Waals surface area contributed by atoms with E-state index in [0.29, 0.717) is 24.0 Å². The maximum Gasteiger partial charge on any atom is 0.513 e. The number of carbonyl (C=O) groups is 2. The number of carbonyl (C=O) groups excluding carboxylic acids is 2. The van der Waals surface area contributed by atoms with E-state index < -0.39 is 79.0 Å². The number of H-pyrrole nitrogens is 1. The molecule has 4 rings (SSSR count). The van der Waals surface area contributed by atoms with Crippen LogP contribution in [0.4, 0.5) is 4.79 Å². The summed E-state index contributed by atoms with van der Waals surface area (Å²) in [6.45, 7) is 4.18. The summed E-state index contributed by atoms with van der Waals surface area (Å²) in [6.07, 6.45) is 24.2. The molecule has 0 bridgehead atoms. The van der Waals surface area contributed by atoms with E-state index in [4.69, 9.17) is 36.8 Å². The number of hydrogen-bond donors (Lipinski definition) is 3. The molecule has 0 spiro atoms. The minimum absolute atomic E-state index is 0.128. The zero-order valence-corrected chi connectivity index (χ0v) is 45.1. The Hall–Kier alpha value is -4.03. The van der Waals surface area contributed by atoms with Crippen LogP contribution in [-0.2, 0) is 63.4 Å². The Labute approximate surface area is 428 Å². The molecule has 0 aliphatic carbocycles. The van der Waals surface area contributed by atoms with Gasteiger partial charge in [-0.15, -0.1) is 0 Å². The van der Waals surface area contributed by atoms with Gasteiger partial charge in [0, 0.05) is 18.2 Å². The number of hydrogen-bond acceptors (Lipinski definition) is 16. The molecule has 5 atom stereocenters. The zero-order chi connectivity index (χ0) is 53.0. The second kappa shape index (κ2) is 33.1. The fourth-order valence-corrected chi connectivity index (χ4v) is 11.5. The monoisotopic (exact) mass is 1080 g/mol. The van der Waals surface area contributed by atoms with Crippen molar-refractivity contribution in [3.05, 3.63) is 104 Å². The minimum atomic E-state index is -5.83. The van der Waals surface area contributed by atoms with Crippen molar-refractivity contribution in [3.63, 3.8) is 0 Å². The van der Waals surface area contributed by atoms with E-state index in [1.807, 2.05) is 0 Å². The lowest BCUT2D eigenvalue weighted by Crippen LogP contribution is -2.33. The number of rotatable bonds is 38. The maximum absolute atomic E-state index is 14.0. The molecular formula is C50H75N2O18P3. The van der Waals surface area contributed by atoms with Gasteiger partial charge in [-0.3, -0.25) is 32.7 Å². The average Bonchev–Trinajstić information content (AvgIpc) is 3.82. The van der Waals surface area contributed by atoms with E-state index in [-0.39, 0.29) is 30.1 Å². The number of aromatic amines is 1. The van der Waals surface area contributed by atoms with Crippen molar-refractivity contribution >= 4 is 35.6 Å². The number of nitrogens with one attached hydrogen (secondary N) is 1. The number of ether oxygens (including phenoxy) is 4. The van der Waals surface area contributed by atoms with Gasteiger partial charge >= 0.3 is 41.3 Å². The largest absolute Gasteiger partial charge is 0.513 e. The van der Waals surface area contributed by atoms with Gasteiger partial charge in [-0.05, 0) is 61.2 Å². The standard InChI is InChI=1S/C50H75N2O18P3/c1-4-6-8-10-12-13-14-15-16-17-18-19-21-23-35-62-50(56)68-44-31-27-42(28-32-44)38-65-73(61,64-37-41-25-29-43(30-26-41)67-47(53)24-22-20-11-9-7-5-2)70-72(59,60)69-71(57,58)63-39-45-33-34-46(66-45)52-36-40(3)48(54)51-49(52)55/h25-34,36,45-46H,4-24,35,37-39H2,1-3H3,(H,57,58)(H,59,60)(H,51,54,55)/t45-,46+,73?/m0/s1. The molecule has 20 nitrogen and oxygen atoms in total. The van der Waals surface area contributed by atoms with Gasteiger partial charge in [-0.1, -0.05) is 160 Å². The molecule has 23 heteroatoms. The molecule has 0 saturated heterocycles. The fourth-order valence-electron chi connectivity index (χ4n) is 7.49. The molecule has 3 unspecified atom stereocenters. The highest BCUT2D eigenvalue weighted by Gasteiger charge is 2.44. The summed E-state index contributed by atoms with van der Waals surface area (Å²) in [5.41, 5.74) is -0.521. The SMILES string of the molecule is CCCCCCCCCCCCCCCCOC(=O)Oc1ccc(COP(=O)(OCc2ccc(OC(=O)CCCCCCCC)cc2)OP(=O)(O)OP(=O)(O)OC[C@@H]2C=C[C@H](n3cc(C)c(=O)[nH]c3=O)O2)cc1. The number of phosphoric acid groups is 3. The van der Waals surface area contributed by atoms with Crippen molar-refractivity contribution in [1.82, 2.24) is 9.55 Å². The van der Waals surface area contributed by atoms with Crippen LogP contribution in [0, 0.1) is 6.92 Å². The summed E-state index contributed by atoms with van der Waals surface area (Å²) in [4.78, 5) is 72.0. The predicted molar refractivity (Wildman–Crippen MR) is 273 cm³/mol. The number of nitrogens with zero attached hydrogens (tertiary/aromatic N) is 1. The van der Waals surface area contributed by atoms with Crippen LogP contribution < -0.4 is 20.7 Å². The Balaban J connectivity index is 1.27. The summed E-state index contributed by atoms with van der Waals surface area (Å²) in [6, 6.07) is 11.6. The van der Waals surface area contributed by atoms with Gasteiger partial charge in [0.05, 0.1) is 26.4 Å². The third kappa shape index (κ3) is 25.4. The number of unbranched alkanes of at least 4 members (excludes halogenated alkanes) is 18. The van der Waals surface area contributed by atoms with Crippen LogP contribution in [0.5, 0.6) is 11.5 Å². The molecular weight excluding hydrogens is 1010 g/mol. The lowest BCUT2D eigenvalue weighted by Gasteiger charge is -2.22. The van der Waals surface area contributed by atoms with Crippen molar-refractivity contribution in [3.8, 4) is 11.5 Å². The molecule has 2 heterocycles. The van der Waals surface area contributed by atoms with Crippen LogP contribution in [0.2, 0.25) is 0 Å². The molecule has 2 aromatic carbocycles. The van der Waals surface area contributed by atoms with E-state index in [1.54, 1.807) is 0 Å². The van der Waals surface area contributed by atoms with Gasteiger partial charge in [-0.25, -0.2) is 23.3 Å². The number of esters is 1.